The third kappa shape index (κ3) is 10.6. The lowest BCUT2D eigenvalue weighted by Gasteiger charge is -2.26. The van der Waals surface area contributed by atoms with E-state index in [1.54, 1.807) is 0 Å². The van der Waals surface area contributed by atoms with Crippen molar-refractivity contribution in [1.82, 2.24) is 10.2 Å². The van der Waals surface area contributed by atoms with Gasteiger partial charge in [0.25, 0.3) is 0 Å². The molecule has 1 amide bonds. The number of nitrogens with one attached hydrogen (secondary N) is 1. The van der Waals surface area contributed by atoms with Gasteiger partial charge in [-0.05, 0) is 31.0 Å². The highest BCUT2D eigenvalue weighted by Gasteiger charge is 2.25. The van der Waals surface area contributed by atoms with Gasteiger partial charge in [-0.1, -0.05) is 19.3 Å². The van der Waals surface area contributed by atoms with Gasteiger partial charge in [0, 0.05) is 32.3 Å². The molecule has 0 aromatic rings. The number of hydrogen-bond donors (Lipinski definition) is 1. The summed E-state index contributed by atoms with van der Waals surface area (Å²) in [5, 5.41) is 1.79. The van der Waals surface area contributed by atoms with Crippen LogP contribution in [0.15, 0.2) is 0 Å². The normalized spacial score (nSPS) is 18.4. The first-order chi connectivity index (χ1) is 15.5. The highest BCUT2D eigenvalue weighted by molar-refractivity contribution is 8.13. The molecule has 2 fully saturated rings. The number of hydrogen-bond acceptors (Lipinski definition) is 10. The topological polar surface area (TPSA) is 120 Å². The van der Waals surface area contributed by atoms with Crippen molar-refractivity contribution in [3.05, 3.63) is 0 Å². The second kappa shape index (κ2) is 15.1. The molecule has 0 aromatic heterocycles. The van der Waals surface area contributed by atoms with E-state index >= 15 is 0 Å². The van der Waals surface area contributed by atoms with Crippen molar-refractivity contribution in [2.75, 3.05) is 52.0 Å². The molecule has 10 nitrogen and oxygen atoms in total. The fourth-order valence-corrected chi connectivity index (χ4v) is 4.24. The minimum absolute atomic E-state index is 0.0444. The van der Waals surface area contributed by atoms with Crippen LogP contribution in [0.1, 0.15) is 45.4 Å². The fourth-order valence-electron chi connectivity index (χ4n) is 3.59. The van der Waals surface area contributed by atoms with Crippen molar-refractivity contribution >= 4 is 34.9 Å². The molecule has 2 rings (SSSR count). The molecule has 0 aromatic carbocycles. The van der Waals surface area contributed by atoms with E-state index in [9.17, 15) is 19.2 Å². The van der Waals surface area contributed by atoms with Crippen LogP contribution in [0.25, 0.3) is 0 Å². The highest BCUT2D eigenvalue weighted by atomic mass is 32.2. The van der Waals surface area contributed by atoms with Gasteiger partial charge in [0.1, 0.15) is 6.04 Å². The van der Waals surface area contributed by atoms with Gasteiger partial charge in [-0.15, -0.1) is 0 Å². The third-order valence-corrected chi connectivity index (χ3v) is 6.17. The Balaban J connectivity index is 1.62. The maximum absolute atomic E-state index is 12.3. The number of ether oxygens (including phenoxy) is 4. The molecule has 1 aliphatic carbocycles. The Morgan fingerprint density at radius 2 is 1.78 bits per heavy atom. The predicted molar refractivity (Wildman–Crippen MR) is 117 cm³/mol. The lowest BCUT2D eigenvalue weighted by Crippen LogP contribution is -2.43. The molecule has 0 spiro atoms. The molecule has 1 heterocycles. The van der Waals surface area contributed by atoms with E-state index in [0.29, 0.717) is 31.4 Å². The van der Waals surface area contributed by atoms with Crippen molar-refractivity contribution < 1.29 is 38.1 Å². The van der Waals surface area contributed by atoms with E-state index in [1.807, 2.05) is 0 Å². The SMILES string of the molecule is CC(=O)N[C@@H](CSC(=O)OCOC(=O)C1CCCCC1)C(=O)OCCCN1CCOCC1. The highest BCUT2D eigenvalue weighted by Crippen LogP contribution is 2.24. The summed E-state index contributed by atoms with van der Waals surface area (Å²) in [6.45, 7) is 4.97. The van der Waals surface area contributed by atoms with E-state index in [-0.39, 0.29) is 24.2 Å². The molecule has 11 heteroatoms. The Morgan fingerprint density at radius 3 is 2.47 bits per heavy atom. The summed E-state index contributed by atoms with van der Waals surface area (Å²) in [5.41, 5.74) is 0. The maximum Gasteiger partial charge on any atom is 0.370 e. The average molecular weight is 475 g/mol. The second-order valence-corrected chi connectivity index (χ2v) is 8.81. The minimum atomic E-state index is -0.974. The Bertz CT molecular complexity index is 621. The summed E-state index contributed by atoms with van der Waals surface area (Å²) in [4.78, 5) is 49.8. The molecule has 32 heavy (non-hydrogen) atoms. The molecular formula is C21H34N2O8S. The zero-order valence-corrected chi connectivity index (χ0v) is 19.5. The van der Waals surface area contributed by atoms with E-state index in [1.165, 1.54) is 6.92 Å². The first-order valence-electron chi connectivity index (χ1n) is 11.2. The molecule has 1 atom stereocenters. The largest absolute Gasteiger partial charge is 0.464 e. The van der Waals surface area contributed by atoms with E-state index in [4.69, 9.17) is 18.9 Å². The van der Waals surface area contributed by atoms with Crippen molar-refractivity contribution in [3.63, 3.8) is 0 Å². The van der Waals surface area contributed by atoms with Gasteiger partial charge < -0.3 is 24.3 Å². The summed E-state index contributed by atoms with van der Waals surface area (Å²) in [6, 6.07) is -0.974. The van der Waals surface area contributed by atoms with E-state index < -0.39 is 30.0 Å². The van der Waals surface area contributed by atoms with Crippen molar-refractivity contribution in [1.29, 1.82) is 0 Å². The van der Waals surface area contributed by atoms with Crippen LogP contribution in [0.2, 0.25) is 0 Å². The standard InChI is InChI=1S/C21H34N2O8S/c1-16(24)22-18(20(26)29-11-5-8-23-9-12-28-13-10-23)14-32-21(27)31-15-30-19(25)17-6-3-2-4-7-17/h17-18H,2-15H2,1H3,(H,22,24)/t18-/m0/s1. The van der Waals surface area contributed by atoms with E-state index in [2.05, 4.69) is 10.2 Å². The van der Waals surface area contributed by atoms with Gasteiger partial charge >= 0.3 is 17.2 Å². The molecule has 1 N–H and O–H groups in total. The average Bonchev–Trinajstić information content (AvgIpc) is 2.80. The van der Waals surface area contributed by atoms with Crippen molar-refractivity contribution in [2.45, 2.75) is 51.5 Å². The maximum atomic E-state index is 12.3. The minimum Gasteiger partial charge on any atom is -0.464 e. The quantitative estimate of drug-likeness (QED) is 0.269. The predicted octanol–water partition coefficient (Wildman–Crippen LogP) is 1.71. The van der Waals surface area contributed by atoms with Gasteiger partial charge in [-0.2, -0.15) is 0 Å². The van der Waals surface area contributed by atoms with Gasteiger partial charge in [0.15, 0.2) is 0 Å². The number of nitrogens with zero attached hydrogens (tertiary/aromatic N) is 1. The molecular weight excluding hydrogens is 440 g/mol. The van der Waals surface area contributed by atoms with Crippen LogP contribution in [0.4, 0.5) is 4.79 Å². The van der Waals surface area contributed by atoms with Crippen LogP contribution in [0, 0.1) is 5.92 Å². The first-order valence-corrected chi connectivity index (χ1v) is 12.1. The molecule has 1 saturated carbocycles. The number of amides is 1. The smallest absolute Gasteiger partial charge is 0.370 e. The van der Waals surface area contributed by atoms with Gasteiger partial charge in [-0.25, -0.2) is 9.59 Å². The van der Waals surface area contributed by atoms with Gasteiger partial charge in [-0.3, -0.25) is 14.5 Å². The Morgan fingerprint density at radius 1 is 1.06 bits per heavy atom. The van der Waals surface area contributed by atoms with E-state index in [0.717, 1.165) is 51.7 Å². The Kier molecular flexibility index (Phi) is 12.4. The van der Waals surface area contributed by atoms with Crippen LogP contribution in [0.3, 0.4) is 0 Å². The van der Waals surface area contributed by atoms with Crippen LogP contribution in [-0.4, -0.2) is 86.1 Å². The molecule has 182 valence electrons. The molecule has 1 saturated heterocycles. The lowest BCUT2D eigenvalue weighted by atomic mass is 9.89. The molecule has 0 unspecified atom stereocenters. The first kappa shape index (κ1) is 26.4. The zero-order valence-electron chi connectivity index (χ0n) is 18.7. The zero-order chi connectivity index (χ0) is 23.2. The number of esters is 2. The Labute approximate surface area is 193 Å². The summed E-state index contributed by atoms with van der Waals surface area (Å²) in [7, 11) is 0. The molecule has 0 radical (unpaired) electrons. The number of carbonyl (C=O) groups excluding carboxylic acids is 4. The van der Waals surface area contributed by atoms with Gasteiger partial charge in [0.2, 0.25) is 12.7 Å². The van der Waals surface area contributed by atoms with Crippen LogP contribution in [-0.2, 0) is 33.3 Å². The monoisotopic (exact) mass is 474 g/mol. The van der Waals surface area contributed by atoms with Crippen molar-refractivity contribution in [2.24, 2.45) is 5.92 Å². The lowest BCUT2D eigenvalue weighted by molar-refractivity contribution is -0.157. The van der Waals surface area contributed by atoms with Crippen LogP contribution < -0.4 is 5.32 Å². The molecule has 0 bridgehead atoms. The van der Waals surface area contributed by atoms with Crippen molar-refractivity contribution in [3.8, 4) is 0 Å². The van der Waals surface area contributed by atoms with Crippen LogP contribution >= 0.6 is 11.8 Å². The summed E-state index contributed by atoms with van der Waals surface area (Å²) >= 11 is 0.714. The number of morpholine rings is 1. The second-order valence-electron chi connectivity index (χ2n) is 7.85. The number of rotatable bonds is 11. The summed E-state index contributed by atoms with van der Waals surface area (Å²) in [6.07, 6.45) is 5.40. The molecule has 1 aliphatic heterocycles. The summed E-state index contributed by atoms with van der Waals surface area (Å²) < 4.78 is 20.5. The summed E-state index contributed by atoms with van der Waals surface area (Å²) in [5.74, 6) is -1.53. The molecule has 2 aliphatic rings. The number of carbonyl (C=O) groups is 4. The van der Waals surface area contributed by atoms with Gasteiger partial charge in [0.05, 0.1) is 25.7 Å². The number of thioether (sulfide) groups is 1. The Hall–Kier alpha value is -1.85. The van der Waals surface area contributed by atoms with Crippen LogP contribution in [0.5, 0.6) is 0 Å². The fraction of sp³-hybridized carbons (Fsp3) is 0.810. The third-order valence-electron chi connectivity index (χ3n) is 5.31.